The Morgan fingerprint density at radius 2 is 1.18 bits per heavy atom. The lowest BCUT2D eigenvalue weighted by Gasteiger charge is -2.42. The largest absolute Gasteiger partial charge is 0.271 e. The maximum absolute atomic E-state index is 5.25. The van der Waals surface area contributed by atoms with Gasteiger partial charge in [-0.1, -0.05) is 0 Å². The van der Waals surface area contributed by atoms with E-state index in [1.54, 1.807) is 0 Å². The Kier molecular flexibility index (Phi) is 3.45. The van der Waals surface area contributed by atoms with Gasteiger partial charge in [0.05, 0.1) is 47.1 Å². The Hall–Kier alpha value is 0.310. The zero-order valence-corrected chi connectivity index (χ0v) is 6.12. The first-order chi connectivity index (χ1) is 4.69. The van der Waals surface area contributed by atoms with Crippen molar-refractivity contribution >= 4 is 47.1 Å². The second-order valence-electron chi connectivity index (χ2n) is 2.60. The van der Waals surface area contributed by atoms with E-state index in [9.17, 15) is 0 Å². The molecular formula is C3H4B6N2. The predicted molar refractivity (Wildman–Crippen MR) is 51.0 cm³/mol. The lowest BCUT2D eigenvalue weighted by atomic mass is 9.27. The number of rotatable bonds is 3. The third-order valence-corrected chi connectivity index (χ3v) is 1.17. The summed E-state index contributed by atoms with van der Waals surface area (Å²) in [6, 6.07) is -0.991. The van der Waals surface area contributed by atoms with Gasteiger partial charge in [0.25, 0.3) is 0 Å². The van der Waals surface area contributed by atoms with Gasteiger partial charge in [0, 0.05) is 0 Å². The molecule has 0 aromatic heterocycles. The minimum absolute atomic E-state index is 0.991. The van der Waals surface area contributed by atoms with Crippen molar-refractivity contribution in [1.29, 1.82) is 0 Å². The Labute approximate surface area is 75.2 Å². The molecule has 0 heterocycles. The van der Waals surface area contributed by atoms with Crippen molar-refractivity contribution in [3.63, 3.8) is 0 Å². The Morgan fingerprint density at radius 3 is 1.18 bits per heavy atom. The first-order valence-corrected chi connectivity index (χ1v) is 2.89. The van der Waals surface area contributed by atoms with Crippen LogP contribution in [0, 0.1) is 0 Å². The van der Waals surface area contributed by atoms with E-state index in [1.807, 2.05) is 0 Å². The van der Waals surface area contributed by atoms with Crippen molar-refractivity contribution < 1.29 is 0 Å². The molecule has 0 rings (SSSR count). The summed E-state index contributed by atoms with van der Waals surface area (Å²) in [5, 5.41) is -3.32. The number of nitrogens with one attached hydrogen (secondary N) is 1. The molecule has 0 fully saturated rings. The summed E-state index contributed by atoms with van der Waals surface area (Å²) in [7, 11) is 31.5. The van der Waals surface area contributed by atoms with E-state index in [1.165, 1.54) is 0 Å². The van der Waals surface area contributed by atoms with Gasteiger partial charge in [0.15, 0.2) is 0 Å². The summed E-state index contributed by atoms with van der Waals surface area (Å²) in [4.78, 5) is 0. The fourth-order valence-corrected chi connectivity index (χ4v) is 0.722. The zero-order chi connectivity index (χ0) is 9.28. The van der Waals surface area contributed by atoms with Gasteiger partial charge in [0.2, 0.25) is 0 Å². The highest BCUT2D eigenvalue weighted by atomic mass is 15.2. The molecule has 0 amide bonds. The second-order valence-corrected chi connectivity index (χ2v) is 2.60. The highest BCUT2D eigenvalue weighted by molar-refractivity contribution is 6.64. The zero-order valence-electron chi connectivity index (χ0n) is 6.12. The molecule has 0 spiro atoms. The third kappa shape index (κ3) is 3.48. The van der Waals surface area contributed by atoms with Crippen molar-refractivity contribution in [2.75, 3.05) is 0 Å². The van der Waals surface area contributed by atoms with Crippen LogP contribution >= 0.6 is 0 Å². The van der Waals surface area contributed by atoms with E-state index in [4.69, 9.17) is 52.9 Å². The van der Waals surface area contributed by atoms with E-state index in [0.29, 0.717) is 0 Å². The Balaban J connectivity index is 4.43. The highest BCUT2D eigenvalue weighted by Crippen LogP contribution is 2.29. The number of hydrazine groups is 1. The van der Waals surface area contributed by atoms with Crippen LogP contribution in [-0.2, 0) is 0 Å². The first kappa shape index (κ1) is 11.3. The first-order valence-electron chi connectivity index (χ1n) is 2.89. The topological polar surface area (TPSA) is 38.0 Å². The SMILES string of the molecule is [B]C([B])([B])C(NN)C([B])([B])[B]. The average Bonchev–Trinajstić information content (AvgIpc) is 1.56. The monoisotopic (exact) mass is 134 g/mol. The maximum atomic E-state index is 5.25. The van der Waals surface area contributed by atoms with E-state index in [0.717, 1.165) is 0 Å². The molecule has 0 aromatic rings. The smallest absolute Gasteiger partial charge is 0.0527 e. The average molecular weight is 133 g/mol. The standard InChI is InChI=1S/C3H4B6N2/c4-2(5,6)1(11-10)3(7,8)9/h1,11H,10H2. The van der Waals surface area contributed by atoms with Gasteiger partial charge < -0.3 is 0 Å². The quantitative estimate of drug-likeness (QED) is 0.244. The number of hydrogen-bond donors (Lipinski definition) is 2. The van der Waals surface area contributed by atoms with Gasteiger partial charge in [-0.2, -0.15) is 0 Å². The Morgan fingerprint density at radius 1 is 0.909 bits per heavy atom. The van der Waals surface area contributed by atoms with Crippen LogP contribution in [0.25, 0.3) is 0 Å². The Bertz CT molecular complexity index is 111. The summed E-state index contributed by atoms with van der Waals surface area (Å²) >= 11 is 0. The second kappa shape index (κ2) is 3.36. The maximum Gasteiger partial charge on any atom is 0.0527 e. The van der Waals surface area contributed by atoms with Gasteiger partial charge in [-0.3, -0.25) is 11.3 Å². The minimum Gasteiger partial charge on any atom is -0.271 e. The summed E-state index contributed by atoms with van der Waals surface area (Å²) < 4.78 is 0. The molecule has 0 aromatic carbocycles. The van der Waals surface area contributed by atoms with Gasteiger partial charge >= 0.3 is 0 Å². The highest BCUT2D eigenvalue weighted by Gasteiger charge is 2.31. The predicted octanol–water partition coefficient (Wildman–Crippen LogP) is -3.02. The number of hydrogen-bond acceptors (Lipinski definition) is 2. The molecule has 12 radical (unpaired) electrons. The van der Waals surface area contributed by atoms with Crippen LogP contribution in [0.2, 0.25) is 10.2 Å². The van der Waals surface area contributed by atoms with Crippen molar-refractivity contribution in [2.24, 2.45) is 5.84 Å². The molecule has 0 bridgehead atoms. The fraction of sp³-hybridized carbons (Fsp3) is 1.00. The van der Waals surface area contributed by atoms with Crippen LogP contribution in [0.3, 0.4) is 0 Å². The molecule has 0 saturated heterocycles. The van der Waals surface area contributed by atoms with E-state index in [-0.39, 0.29) is 0 Å². The van der Waals surface area contributed by atoms with E-state index in [2.05, 4.69) is 5.43 Å². The molecule has 0 aliphatic rings. The van der Waals surface area contributed by atoms with Crippen molar-refractivity contribution in [3.8, 4) is 0 Å². The third-order valence-electron chi connectivity index (χ3n) is 1.17. The van der Waals surface area contributed by atoms with Crippen LogP contribution in [-0.4, -0.2) is 53.1 Å². The van der Waals surface area contributed by atoms with Crippen LogP contribution in [0.5, 0.6) is 0 Å². The molecule has 8 heteroatoms. The summed E-state index contributed by atoms with van der Waals surface area (Å²) in [5.41, 5.74) is 2.13. The molecule has 0 aliphatic heterocycles. The molecule has 0 aliphatic carbocycles. The van der Waals surface area contributed by atoms with Crippen LogP contribution in [0.15, 0.2) is 0 Å². The van der Waals surface area contributed by atoms with Gasteiger partial charge in [-0.05, 0) is 6.04 Å². The molecule has 0 unspecified atom stereocenters. The lowest BCUT2D eigenvalue weighted by molar-refractivity contribution is 0.532. The molecule has 2 nitrogen and oxygen atoms in total. The van der Waals surface area contributed by atoms with Crippen LogP contribution in [0.1, 0.15) is 0 Å². The molecule has 44 valence electrons. The summed E-state index contributed by atoms with van der Waals surface area (Å²) in [5.74, 6) is 5.02. The molecular weight excluding hydrogens is 129 g/mol. The van der Waals surface area contributed by atoms with Gasteiger partial charge in [0.1, 0.15) is 0 Å². The van der Waals surface area contributed by atoms with E-state index >= 15 is 0 Å². The van der Waals surface area contributed by atoms with E-state index < -0.39 is 16.3 Å². The van der Waals surface area contributed by atoms with Crippen molar-refractivity contribution in [1.82, 2.24) is 5.43 Å². The van der Waals surface area contributed by atoms with Crippen molar-refractivity contribution in [2.45, 2.75) is 16.3 Å². The fourth-order valence-electron chi connectivity index (χ4n) is 0.722. The normalized spacial score (nSPS) is 13.6. The lowest BCUT2D eigenvalue weighted by Crippen LogP contribution is -2.53. The molecule has 0 atom stereocenters. The van der Waals surface area contributed by atoms with Crippen LogP contribution < -0.4 is 11.3 Å². The molecule has 3 N–H and O–H groups in total. The number of nitrogens with two attached hydrogens (primary N) is 1. The molecule has 0 saturated carbocycles. The van der Waals surface area contributed by atoms with Gasteiger partial charge in [-0.15, -0.1) is 10.2 Å². The van der Waals surface area contributed by atoms with Crippen molar-refractivity contribution in [3.05, 3.63) is 0 Å². The summed E-state index contributed by atoms with van der Waals surface area (Å²) in [6.45, 7) is 0. The van der Waals surface area contributed by atoms with Crippen LogP contribution in [0.4, 0.5) is 0 Å². The van der Waals surface area contributed by atoms with Gasteiger partial charge in [-0.25, -0.2) is 0 Å². The molecule has 11 heavy (non-hydrogen) atoms. The minimum atomic E-state index is -1.66. The summed E-state index contributed by atoms with van der Waals surface area (Å²) in [6.07, 6.45) is 0.